The number of benzene rings is 2. The fourth-order valence-corrected chi connectivity index (χ4v) is 5.66. The molecule has 0 saturated carbocycles. The molecule has 3 aromatic rings. The van der Waals surface area contributed by atoms with Gasteiger partial charge in [0.05, 0.1) is 21.8 Å². The third-order valence-electron chi connectivity index (χ3n) is 5.80. The van der Waals surface area contributed by atoms with E-state index in [1.165, 1.54) is 0 Å². The van der Waals surface area contributed by atoms with Crippen LogP contribution in [0.15, 0.2) is 52.2 Å². The van der Waals surface area contributed by atoms with Crippen LogP contribution in [0.4, 0.5) is 0 Å². The van der Waals surface area contributed by atoms with E-state index >= 15 is 0 Å². The number of para-hydroxylation sites is 1. The first-order chi connectivity index (χ1) is 14.3. The zero-order valence-electron chi connectivity index (χ0n) is 17.4. The highest BCUT2D eigenvalue weighted by Crippen LogP contribution is 2.25. The molecule has 0 radical (unpaired) electrons. The molecule has 0 amide bonds. The number of rotatable bonds is 4. The summed E-state index contributed by atoms with van der Waals surface area (Å²) in [6.07, 6.45) is 0. The number of piperazine rings is 1. The average Bonchev–Trinajstić information content (AvgIpc) is 2.73. The lowest BCUT2D eigenvalue weighted by Crippen LogP contribution is -2.49. The van der Waals surface area contributed by atoms with Gasteiger partial charge in [-0.2, -0.15) is 4.31 Å². The largest absolute Gasteiger partial charge is 0.309 e. The number of sulfonamides is 1. The summed E-state index contributed by atoms with van der Waals surface area (Å²) in [6.45, 7) is 7.72. The van der Waals surface area contributed by atoms with Gasteiger partial charge in [0.2, 0.25) is 10.0 Å². The van der Waals surface area contributed by atoms with Crippen molar-refractivity contribution in [2.45, 2.75) is 31.7 Å². The fraction of sp³-hybridized carbons (Fsp3) is 0.364. The monoisotopic (exact) mass is 426 g/mol. The Bertz CT molecular complexity index is 1240. The lowest BCUT2D eigenvalue weighted by Gasteiger charge is -2.37. The summed E-state index contributed by atoms with van der Waals surface area (Å²) in [5, 5.41) is 0.567. The predicted molar refractivity (Wildman–Crippen MR) is 117 cm³/mol. The van der Waals surface area contributed by atoms with Gasteiger partial charge in [0.25, 0.3) is 5.56 Å². The second-order valence-corrected chi connectivity index (χ2v) is 9.76. The third kappa shape index (κ3) is 3.78. The fourth-order valence-electron chi connectivity index (χ4n) is 4.03. The van der Waals surface area contributed by atoms with Crippen LogP contribution >= 0.6 is 0 Å². The van der Waals surface area contributed by atoms with Crippen LogP contribution in [0.1, 0.15) is 29.9 Å². The van der Waals surface area contributed by atoms with Gasteiger partial charge >= 0.3 is 0 Å². The smallest absolute Gasteiger partial charge is 0.258 e. The summed E-state index contributed by atoms with van der Waals surface area (Å²) in [4.78, 5) is 22.4. The van der Waals surface area contributed by atoms with Gasteiger partial charge in [-0.1, -0.05) is 29.8 Å². The molecule has 7 nitrogen and oxygen atoms in total. The number of aromatic nitrogens is 2. The summed E-state index contributed by atoms with van der Waals surface area (Å²) in [7, 11) is -3.53. The molecule has 1 atom stereocenters. The molecule has 1 N–H and O–H groups in total. The van der Waals surface area contributed by atoms with Gasteiger partial charge in [0.1, 0.15) is 5.82 Å². The summed E-state index contributed by atoms with van der Waals surface area (Å²) in [6, 6.07) is 12.6. The molecule has 8 heteroatoms. The van der Waals surface area contributed by atoms with Crippen molar-refractivity contribution in [3.8, 4) is 0 Å². The lowest BCUT2D eigenvalue weighted by atomic mass is 10.2. The molecule has 2 aromatic carbocycles. The van der Waals surface area contributed by atoms with Gasteiger partial charge in [0.15, 0.2) is 0 Å². The zero-order chi connectivity index (χ0) is 21.5. The molecule has 158 valence electrons. The van der Waals surface area contributed by atoms with E-state index in [0.717, 1.165) is 11.1 Å². The number of hydrogen-bond donors (Lipinski definition) is 1. The minimum atomic E-state index is -3.53. The first-order valence-corrected chi connectivity index (χ1v) is 11.5. The predicted octanol–water partition coefficient (Wildman–Crippen LogP) is 2.61. The van der Waals surface area contributed by atoms with Crippen molar-refractivity contribution < 1.29 is 8.42 Å². The molecule has 4 rings (SSSR count). The quantitative estimate of drug-likeness (QED) is 0.693. The van der Waals surface area contributed by atoms with Crippen LogP contribution in [0.3, 0.4) is 0 Å². The van der Waals surface area contributed by atoms with Crippen LogP contribution in [0.25, 0.3) is 10.9 Å². The second kappa shape index (κ2) is 7.94. The Labute approximate surface area is 176 Å². The maximum absolute atomic E-state index is 13.1. The van der Waals surface area contributed by atoms with Crippen molar-refractivity contribution in [1.82, 2.24) is 19.2 Å². The van der Waals surface area contributed by atoms with Crippen LogP contribution in [0.5, 0.6) is 0 Å². The highest BCUT2D eigenvalue weighted by atomic mass is 32.2. The maximum Gasteiger partial charge on any atom is 0.258 e. The minimum absolute atomic E-state index is 0.117. The van der Waals surface area contributed by atoms with Gasteiger partial charge in [0, 0.05) is 26.2 Å². The molecule has 2 heterocycles. The van der Waals surface area contributed by atoms with E-state index in [1.54, 1.807) is 16.4 Å². The van der Waals surface area contributed by atoms with Crippen LogP contribution in [-0.2, 0) is 10.0 Å². The number of aromatic amines is 1. The summed E-state index contributed by atoms with van der Waals surface area (Å²) < 4.78 is 27.8. The van der Waals surface area contributed by atoms with Gasteiger partial charge in [-0.05, 0) is 44.5 Å². The summed E-state index contributed by atoms with van der Waals surface area (Å²) in [5.74, 6) is 0.601. The van der Waals surface area contributed by atoms with Crippen LogP contribution in [0.2, 0.25) is 0 Å². The summed E-state index contributed by atoms with van der Waals surface area (Å²) in [5.41, 5.74) is 2.32. The van der Waals surface area contributed by atoms with Crippen molar-refractivity contribution in [2.75, 3.05) is 26.2 Å². The van der Waals surface area contributed by atoms with E-state index in [-0.39, 0.29) is 11.6 Å². The van der Waals surface area contributed by atoms with Gasteiger partial charge in [-0.15, -0.1) is 0 Å². The zero-order valence-corrected chi connectivity index (χ0v) is 18.2. The molecule has 1 aliphatic heterocycles. The number of nitrogens with one attached hydrogen (secondary N) is 1. The maximum atomic E-state index is 13.1. The van der Waals surface area contributed by atoms with E-state index in [4.69, 9.17) is 0 Å². The Morgan fingerprint density at radius 3 is 2.43 bits per heavy atom. The molecule has 0 unspecified atom stereocenters. The standard InChI is InChI=1S/C22H26N4O3S/c1-15-8-9-20(16(2)14-15)30(28,29)26-12-10-25(11-13-26)17(3)21-23-19-7-5-4-6-18(19)22(27)24-21/h4-9,14,17H,10-13H2,1-3H3,(H,23,24,27)/t17-/m1/s1. The van der Waals surface area contributed by atoms with Crippen molar-refractivity contribution >= 4 is 20.9 Å². The van der Waals surface area contributed by atoms with E-state index in [1.807, 2.05) is 51.1 Å². The second-order valence-electron chi connectivity index (χ2n) is 7.85. The Hall–Kier alpha value is -2.55. The van der Waals surface area contributed by atoms with Crippen LogP contribution in [-0.4, -0.2) is 53.8 Å². The number of hydrogen-bond acceptors (Lipinski definition) is 5. The molecule has 1 aromatic heterocycles. The van der Waals surface area contributed by atoms with Crippen molar-refractivity contribution in [1.29, 1.82) is 0 Å². The number of aryl methyl sites for hydroxylation is 2. The molecule has 1 aliphatic rings. The third-order valence-corrected chi connectivity index (χ3v) is 7.85. The van der Waals surface area contributed by atoms with E-state index in [9.17, 15) is 13.2 Å². The number of H-pyrrole nitrogens is 1. The molecule has 1 saturated heterocycles. The molecule has 30 heavy (non-hydrogen) atoms. The Balaban J connectivity index is 1.51. The first kappa shape index (κ1) is 20.7. The van der Waals surface area contributed by atoms with E-state index < -0.39 is 10.0 Å². The average molecular weight is 427 g/mol. The van der Waals surface area contributed by atoms with Crippen LogP contribution in [0, 0.1) is 13.8 Å². The molecular weight excluding hydrogens is 400 g/mol. The van der Waals surface area contributed by atoms with Crippen molar-refractivity contribution in [3.63, 3.8) is 0 Å². The number of nitrogens with zero attached hydrogens (tertiary/aromatic N) is 3. The van der Waals surface area contributed by atoms with E-state index in [2.05, 4.69) is 14.9 Å². The van der Waals surface area contributed by atoms with Gasteiger partial charge in [-0.25, -0.2) is 13.4 Å². The molecule has 0 spiro atoms. The highest BCUT2D eigenvalue weighted by Gasteiger charge is 2.31. The molecule has 0 aliphatic carbocycles. The van der Waals surface area contributed by atoms with E-state index in [0.29, 0.717) is 47.8 Å². The summed E-state index contributed by atoms with van der Waals surface area (Å²) >= 11 is 0. The highest BCUT2D eigenvalue weighted by molar-refractivity contribution is 7.89. The molecule has 0 bridgehead atoms. The molecule has 1 fully saturated rings. The minimum Gasteiger partial charge on any atom is -0.309 e. The van der Waals surface area contributed by atoms with Crippen molar-refractivity contribution in [3.05, 3.63) is 69.8 Å². The first-order valence-electron chi connectivity index (χ1n) is 10.1. The Morgan fingerprint density at radius 2 is 1.73 bits per heavy atom. The molecular formula is C22H26N4O3S. The lowest BCUT2D eigenvalue weighted by molar-refractivity contribution is 0.141. The van der Waals surface area contributed by atoms with Gasteiger partial charge < -0.3 is 4.98 Å². The van der Waals surface area contributed by atoms with Crippen molar-refractivity contribution in [2.24, 2.45) is 0 Å². The Morgan fingerprint density at radius 1 is 1.03 bits per heavy atom. The Kier molecular flexibility index (Phi) is 5.48. The topological polar surface area (TPSA) is 86.4 Å². The van der Waals surface area contributed by atoms with Gasteiger partial charge in [-0.3, -0.25) is 9.69 Å². The normalized spacial score (nSPS) is 17.3. The SMILES string of the molecule is Cc1ccc(S(=O)(=O)N2CCN([C@H](C)c3nc4ccccc4c(=O)[nH]3)CC2)c(C)c1. The van der Waals surface area contributed by atoms with Crippen LogP contribution < -0.4 is 5.56 Å². The number of fused-ring (bicyclic) bond motifs is 1.